The highest BCUT2D eigenvalue weighted by Crippen LogP contribution is 2.30. The molecule has 112 valence electrons. The van der Waals surface area contributed by atoms with Crippen molar-refractivity contribution in [3.05, 3.63) is 69.2 Å². The quantitative estimate of drug-likeness (QED) is 0.784. The third-order valence-corrected chi connectivity index (χ3v) is 4.37. The molecular formula is C19H24ClN. The van der Waals surface area contributed by atoms with E-state index in [1.165, 1.54) is 22.3 Å². The van der Waals surface area contributed by atoms with Crippen LogP contribution in [-0.2, 0) is 0 Å². The lowest BCUT2D eigenvalue weighted by atomic mass is 9.91. The van der Waals surface area contributed by atoms with E-state index in [0.29, 0.717) is 0 Å². The summed E-state index contributed by atoms with van der Waals surface area (Å²) in [5.41, 5.74) is 6.36. The van der Waals surface area contributed by atoms with Crippen LogP contribution in [0.3, 0.4) is 0 Å². The third-order valence-electron chi connectivity index (χ3n) is 3.96. The van der Waals surface area contributed by atoms with E-state index in [4.69, 9.17) is 11.6 Å². The molecule has 0 aromatic heterocycles. The Morgan fingerprint density at radius 3 is 2.24 bits per heavy atom. The van der Waals surface area contributed by atoms with E-state index in [2.05, 4.69) is 62.5 Å². The molecule has 0 radical (unpaired) electrons. The van der Waals surface area contributed by atoms with E-state index < -0.39 is 0 Å². The topological polar surface area (TPSA) is 12.0 Å². The van der Waals surface area contributed by atoms with Crippen LogP contribution in [0.25, 0.3) is 0 Å². The lowest BCUT2D eigenvalue weighted by Gasteiger charge is -2.24. The molecule has 0 aliphatic carbocycles. The molecule has 0 saturated heterocycles. The average Bonchev–Trinajstić information content (AvgIpc) is 2.45. The van der Waals surface area contributed by atoms with Gasteiger partial charge in [0.15, 0.2) is 0 Å². The van der Waals surface area contributed by atoms with Gasteiger partial charge in [-0.1, -0.05) is 48.9 Å². The summed E-state index contributed by atoms with van der Waals surface area (Å²) in [6, 6.07) is 13.1. The molecular weight excluding hydrogens is 278 g/mol. The lowest BCUT2D eigenvalue weighted by Crippen LogP contribution is -2.24. The normalized spacial score (nSPS) is 12.4. The first kappa shape index (κ1) is 16.1. The minimum absolute atomic E-state index is 0.198. The van der Waals surface area contributed by atoms with Gasteiger partial charge in [-0.3, -0.25) is 0 Å². The molecule has 0 amide bonds. The van der Waals surface area contributed by atoms with Crippen molar-refractivity contribution in [2.45, 2.75) is 40.2 Å². The SMILES string of the molecule is CCCNC(c1ccc(C)c(Cl)c1)c1c(C)cccc1C. The van der Waals surface area contributed by atoms with Crippen molar-refractivity contribution in [2.24, 2.45) is 0 Å². The van der Waals surface area contributed by atoms with Gasteiger partial charge in [0.1, 0.15) is 0 Å². The molecule has 0 bridgehead atoms. The van der Waals surface area contributed by atoms with Gasteiger partial charge >= 0.3 is 0 Å². The van der Waals surface area contributed by atoms with E-state index in [1.54, 1.807) is 0 Å². The van der Waals surface area contributed by atoms with Crippen molar-refractivity contribution in [2.75, 3.05) is 6.54 Å². The van der Waals surface area contributed by atoms with Gasteiger partial charge in [0, 0.05) is 5.02 Å². The second-order valence-corrected chi connectivity index (χ2v) is 6.11. The largest absolute Gasteiger partial charge is 0.306 e. The number of aryl methyl sites for hydroxylation is 3. The molecule has 0 spiro atoms. The highest BCUT2D eigenvalue weighted by molar-refractivity contribution is 6.31. The maximum Gasteiger partial charge on any atom is 0.0582 e. The Morgan fingerprint density at radius 2 is 1.67 bits per heavy atom. The number of benzene rings is 2. The number of rotatable bonds is 5. The summed E-state index contributed by atoms with van der Waals surface area (Å²) in [7, 11) is 0. The molecule has 2 heteroatoms. The van der Waals surface area contributed by atoms with Crippen molar-refractivity contribution in [1.82, 2.24) is 5.32 Å². The summed E-state index contributed by atoms with van der Waals surface area (Å²) in [5, 5.41) is 4.51. The van der Waals surface area contributed by atoms with Crippen LogP contribution in [0, 0.1) is 20.8 Å². The van der Waals surface area contributed by atoms with Gasteiger partial charge in [0.25, 0.3) is 0 Å². The monoisotopic (exact) mass is 301 g/mol. The Kier molecular flexibility index (Phi) is 5.44. The summed E-state index contributed by atoms with van der Waals surface area (Å²) in [4.78, 5) is 0. The molecule has 0 heterocycles. The summed E-state index contributed by atoms with van der Waals surface area (Å²) in [5.74, 6) is 0. The standard InChI is InChI=1S/C19H24ClN/c1-5-11-21-19(16-10-9-13(2)17(20)12-16)18-14(3)7-6-8-15(18)4/h6-10,12,19,21H,5,11H2,1-4H3. The van der Waals surface area contributed by atoms with Gasteiger partial charge in [-0.25, -0.2) is 0 Å². The Labute approximate surface area is 133 Å². The van der Waals surface area contributed by atoms with Gasteiger partial charge in [0.2, 0.25) is 0 Å². The van der Waals surface area contributed by atoms with Crippen molar-refractivity contribution in [1.29, 1.82) is 0 Å². The molecule has 2 aromatic carbocycles. The predicted octanol–water partition coefficient (Wildman–Crippen LogP) is 5.35. The van der Waals surface area contributed by atoms with Gasteiger partial charge in [-0.2, -0.15) is 0 Å². The molecule has 2 rings (SSSR count). The smallest absolute Gasteiger partial charge is 0.0582 e. The molecule has 0 fully saturated rings. The second kappa shape index (κ2) is 7.11. The minimum Gasteiger partial charge on any atom is -0.306 e. The van der Waals surface area contributed by atoms with Crippen LogP contribution in [0.2, 0.25) is 5.02 Å². The maximum atomic E-state index is 6.33. The van der Waals surface area contributed by atoms with E-state index in [-0.39, 0.29) is 6.04 Å². The molecule has 1 N–H and O–H groups in total. The molecule has 0 aliphatic heterocycles. The summed E-state index contributed by atoms with van der Waals surface area (Å²) >= 11 is 6.33. The van der Waals surface area contributed by atoms with Crippen LogP contribution in [0.1, 0.15) is 47.2 Å². The average molecular weight is 302 g/mol. The fourth-order valence-corrected chi connectivity index (χ4v) is 2.94. The molecule has 0 aliphatic rings. The van der Waals surface area contributed by atoms with Crippen LogP contribution in [0.4, 0.5) is 0 Å². The van der Waals surface area contributed by atoms with Gasteiger partial charge in [-0.05, 0) is 67.6 Å². The zero-order chi connectivity index (χ0) is 15.4. The molecule has 0 saturated carbocycles. The lowest BCUT2D eigenvalue weighted by molar-refractivity contribution is 0.594. The summed E-state index contributed by atoms with van der Waals surface area (Å²) in [6.07, 6.45) is 1.11. The van der Waals surface area contributed by atoms with E-state index in [0.717, 1.165) is 23.6 Å². The Balaban J connectivity index is 2.49. The van der Waals surface area contributed by atoms with Crippen molar-refractivity contribution in [3.63, 3.8) is 0 Å². The first-order chi connectivity index (χ1) is 10.0. The Morgan fingerprint density at radius 1 is 1.00 bits per heavy atom. The Bertz CT molecular complexity index is 599. The van der Waals surface area contributed by atoms with Gasteiger partial charge in [-0.15, -0.1) is 0 Å². The molecule has 21 heavy (non-hydrogen) atoms. The van der Waals surface area contributed by atoms with E-state index in [9.17, 15) is 0 Å². The highest BCUT2D eigenvalue weighted by Gasteiger charge is 2.18. The van der Waals surface area contributed by atoms with E-state index in [1.807, 2.05) is 6.92 Å². The minimum atomic E-state index is 0.198. The summed E-state index contributed by atoms with van der Waals surface area (Å²) in [6.45, 7) is 9.58. The molecule has 1 atom stereocenters. The zero-order valence-corrected chi connectivity index (χ0v) is 14.1. The van der Waals surface area contributed by atoms with Crippen molar-refractivity contribution in [3.8, 4) is 0 Å². The number of hydrogen-bond donors (Lipinski definition) is 1. The first-order valence-electron chi connectivity index (χ1n) is 7.60. The van der Waals surface area contributed by atoms with Crippen LogP contribution >= 0.6 is 11.6 Å². The number of nitrogens with one attached hydrogen (secondary N) is 1. The van der Waals surface area contributed by atoms with Crippen molar-refractivity contribution < 1.29 is 0 Å². The van der Waals surface area contributed by atoms with Crippen molar-refractivity contribution >= 4 is 11.6 Å². The number of hydrogen-bond acceptors (Lipinski definition) is 1. The first-order valence-corrected chi connectivity index (χ1v) is 7.98. The fraction of sp³-hybridized carbons (Fsp3) is 0.368. The number of halogens is 1. The highest BCUT2D eigenvalue weighted by atomic mass is 35.5. The van der Waals surface area contributed by atoms with Crippen LogP contribution in [-0.4, -0.2) is 6.54 Å². The third kappa shape index (κ3) is 3.66. The van der Waals surface area contributed by atoms with Crippen LogP contribution in [0.5, 0.6) is 0 Å². The summed E-state index contributed by atoms with van der Waals surface area (Å²) < 4.78 is 0. The van der Waals surface area contributed by atoms with Crippen LogP contribution in [0.15, 0.2) is 36.4 Å². The maximum absolute atomic E-state index is 6.33. The molecule has 1 unspecified atom stereocenters. The molecule has 1 nitrogen and oxygen atoms in total. The van der Waals surface area contributed by atoms with Crippen LogP contribution < -0.4 is 5.32 Å². The second-order valence-electron chi connectivity index (χ2n) is 5.70. The van der Waals surface area contributed by atoms with Gasteiger partial charge < -0.3 is 5.32 Å². The fourth-order valence-electron chi connectivity index (χ4n) is 2.75. The zero-order valence-electron chi connectivity index (χ0n) is 13.3. The van der Waals surface area contributed by atoms with E-state index >= 15 is 0 Å². The molecule has 2 aromatic rings. The predicted molar refractivity (Wildman–Crippen MR) is 92.2 cm³/mol. The Hall–Kier alpha value is -1.31. The van der Waals surface area contributed by atoms with Gasteiger partial charge in [0.05, 0.1) is 6.04 Å².